The van der Waals surface area contributed by atoms with E-state index in [1.165, 1.54) is 0 Å². The van der Waals surface area contributed by atoms with Crippen LogP contribution in [0.4, 0.5) is 0 Å². The summed E-state index contributed by atoms with van der Waals surface area (Å²) in [6.45, 7) is 6.14. The highest BCUT2D eigenvalue weighted by atomic mass is 16.5. The zero-order chi connectivity index (χ0) is 15.0. The van der Waals surface area contributed by atoms with Gasteiger partial charge in [-0.3, -0.25) is 0 Å². The van der Waals surface area contributed by atoms with Crippen molar-refractivity contribution in [1.29, 1.82) is 0 Å². The van der Waals surface area contributed by atoms with Gasteiger partial charge in [0, 0.05) is 0 Å². The van der Waals surface area contributed by atoms with E-state index in [0.29, 0.717) is 5.56 Å². The fourth-order valence-corrected chi connectivity index (χ4v) is 1.89. The van der Waals surface area contributed by atoms with Crippen LogP contribution in [0.3, 0.4) is 0 Å². The van der Waals surface area contributed by atoms with Crippen molar-refractivity contribution in [2.45, 2.75) is 40.0 Å². The van der Waals surface area contributed by atoms with E-state index in [-0.39, 0.29) is 18.8 Å². The van der Waals surface area contributed by atoms with Crippen LogP contribution in [0.5, 0.6) is 0 Å². The lowest BCUT2D eigenvalue weighted by atomic mass is 10.0. The molecule has 0 aliphatic heterocycles. The number of ether oxygens (including phenoxy) is 2. The minimum Gasteiger partial charge on any atom is -0.462 e. The smallest absolute Gasteiger partial charge is 0.339 e. The Balaban J connectivity index is 3.09. The Labute approximate surface area is 120 Å². The molecule has 110 valence electrons. The van der Waals surface area contributed by atoms with Gasteiger partial charge in [-0.1, -0.05) is 19.4 Å². The molecule has 20 heavy (non-hydrogen) atoms. The fourth-order valence-electron chi connectivity index (χ4n) is 1.89. The van der Waals surface area contributed by atoms with Gasteiger partial charge >= 0.3 is 11.9 Å². The van der Waals surface area contributed by atoms with Gasteiger partial charge in [0.1, 0.15) is 0 Å². The molecule has 0 heterocycles. The van der Waals surface area contributed by atoms with Crippen molar-refractivity contribution in [2.75, 3.05) is 13.2 Å². The topological polar surface area (TPSA) is 52.6 Å². The van der Waals surface area contributed by atoms with E-state index >= 15 is 0 Å². The summed E-state index contributed by atoms with van der Waals surface area (Å²) in [5.74, 6) is -0.966. The third-order valence-electron chi connectivity index (χ3n) is 2.89. The van der Waals surface area contributed by atoms with Crippen LogP contribution in [0.15, 0.2) is 18.2 Å². The summed E-state index contributed by atoms with van der Waals surface area (Å²) in [4.78, 5) is 23.8. The second-order valence-electron chi connectivity index (χ2n) is 4.42. The SMILES string of the molecule is CCCCc1ccc(C(=O)OCC)c(C(=O)OCC)c1. The molecule has 0 aromatic heterocycles. The summed E-state index contributed by atoms with van der Waals surface area (Å²) in [6.07, 6.45) is 3.00. The molecule has 0 spiro atoms. The zero-order valence-electron chi connectivity index (χ0n) is 12.4. The molecular weight excluding hydrogens is 256 g/mol. The van der Waals surface area contributed by atoms with Gasteiger partial charge in [-0.2, -0.15) is 0 Å². The normalized spacial score (nSPS) is 10.2. The maximum absolute atomic E-state index is 12.0. The van der Waals surface area contributed by atoms with Gasteiger partial charge in [-0.25, -0.2) is 9.59 Å². The van der Waals surface area contributed by atoms with Crippen molar-refractivity contribution in [2.24, 2.45) is 0 Å². The second kappa shape index (κ2) is 8.35. The number of benzene rings is 1. The third kappa shape index (κ3) is 4.37. The van der Waals surface area contributed by atoms with Crippen LogP contribution in [0, 0.1) is 0 Å². The monoisotopic (exact) mass is 278 g/mol. The summed E-state index contributed by atoms with van der Waals surface area (Å²) in [7, 11) is 0. The number of carbonyl (C=O) groups excluding carboxylic acids is 2. The summed E-state index contributed by atoms with van der Waals surface area (Å²) >= 11 is 0. The van der Waals surface area contributed by atoms with E-state index in [1.54, 1.807) is 26.0 Å². The summed E-state index contributed by atoms with van der Waals surface area (Å²) in [5, 5.41) is 0. The minimum absolute atomic E-state index is 0.269. The highest BCUT2D eigenvalue weighted by molar-refractivity contribution is 6.03. The maximum atomic E-state index is 12.0. The van der Waals surface area contributed by atoms with Crippen molar-refractivity contribution in [3.05, 3.63) is 34.9 Å². The van der Waals surface area contributed by atoms with Crippen molar-refractivity contribution in [3.8, 4) is 0 Å². The molecule has 0 unspecified atom stereocenters. The molecule has 0 saturated carbocycles. The predicted molar refractivity (Wildman–Crippen MR) is 77.0 cm³/mol. The van der Waals surface area contributed by atoms with Crippen LogP contribution in [-0.2, 0) is 15.9 Å². The van der Waals surface area contributed by atoms with E-state index < -0.39 is 11.9 Å². The van der Waals surface area contributed by atoms with Crippen LogP contribution in [0.1, 0.15) is 59.9 Å². The first-order chi connectivity index (χ1) is 9.63. The van der Waals surface area contributed by atoms with E-state index in [2.05, 4.69) is 6.92 Å². The van der Waals surface area contributed by atoms with Gasteiger partial charge in [0.2, 0.25) is 0 Å². The Morgan fingerprint density at radius 3 is 2.10 bits per heavy atom. The molecule has 0 N–H and O–H groups in total. The molecule has 0 bridgehead atoms. The predicted octanol–water partition coefficient (Wildman–Crippen LogP) is 3.38. The standard InChI is InChI=1S/C16H22O4/c1-4-7-8-12-9-10-13(15(17)19-5-2)14(11-12)16(18)20-6-3/h9-11H,4-8H2,1-3H3. The maximum Gasteiger partial charge on any atom is 0.339 e. The minimum atomic E-state index is -0.488. The van der Waals surface area contributed by atoms with Crippen molar-refractivity contribution in [1.82, 2.24) is 0 Å². The number of esters is 2. The lowest BCUT2D eigenvalue weighted by Crippen LogP contribution is -2.14. The molecule has 0 aliphatic carbocycles. The van der Waals surface area contributed by atoms with Gasteiger partial charge < -0.3 is 9.47 Å². The van der Waals surface area contributed by atoms with Crippen LogP contribution in [0.2, 0.25) is 0 Å². The fraction of sp³-hybridized carbons (Fsp3) is 0.500. The molecule has 0 amide bonds. The second-order valence-corrected chi connectivity index (χ2v) is 4.42. The van der Waals surface area contributed by atoms with E-state index in [1.807, 2.05) is 6.07 Å². The first kappa shape index (κ1) is 16.2. The molecule has 0 fully saturated rings. The van der Waals surface area contributed by atoms with E-state index in [9.17, 15) is 9.59 Å². The molecule has 0 aliphatic rings. The quantitative estimate of drug-likeness (QED) is 0.717. The zero-order valence-corrected chi connectivity index (χ0v) is 12.4. The average Bonchev–Trinajstić information content (AvgIpc) is 2.45. The van der Waals surface area contributed by atoms with Crippen molar-refractivity contribution >= 4 is 11.9 Å². The van der Waals surface area contributed by atoms with Crippen LogP contribution in [-0.4, -0.2) is 25.2 Å². The summed E-state index contributed by atoms with van der Waals surface area (Å²) in [5.41, 5.74) is 1.59. The molecule has 0 saturated heterocycles. The number of carbonyl (C=O) groups is 2. The average molecular weight is 278 g/mol. The molecule has 1 aromatic carbocycles. The third-order valence-corrected chi connectivity index (χ3v) is 2.89. The number of hydrogen-bond donors (Lipinski definition) is 0. The highest BCUT2D eigenvalue weighted by Gasteiger charge is 2.19. The van der Waals surface area contributed by atoms with Crippen molar-refractivity contribution in [3.63, 3.8) is 0 Å². The first-order valence-corrected chi connectivity index (χ1v) is 7.11. The van der Waals surface area contributed by atoms with Gasteiger partial charge in [0.05, 0.1) is 24.3 Å². The Morgan fingerprint density at radius 1 is 0.950 bits per heavy atom. The van der Waals surface area contributed by atoms with Crippen LogP contribution in [0.25, 0.3) is 0 Å². The van der Waals surface area contributed by atoms with E-state index in [0.717, 1.165) is 24.8 Å². The summed E-state index contributed by atoms with van der Waals surface area (Å²) < 4.78 is 9.98. The van der Waals surface area contributed by atoms with Gasteiger partial charge in [0.25, 0.3) is 0 Å². The number of hydrogen-bond acceptors (Lipinski definition) is 4. The largest absolute Gasteiger partial charge is 0.462 e. The molecule has 1 aromatic rings. The number of aryl methyl sites for hydroxylation is 1. The van der Waals surface area contributed by atoms with Crippen LogP contribution < -0.4 is 0 Å². The van der Waals surface area contributed by atoms with Crippen molar-refractivity contribution < 1.29 is 19.1 Å². The van der Waals surface area contributed by atoms with Gasteiger partial charge in [-0.15, -0.1) is 0 Å². The van der Waals surface area contributed by atoms with Crippen LogP contribution >= 0.6 is 0 Å². The highest BCUT2D eigenvalue weighted by Crippen LogP contribution is 2.17. The van der Waals surface area contributed by atoms with Gasteiger partial charge in [0.15, 0.2) is 0 Å². The summed E-state index contributed by atoms with van der Waals surface area (Å²) in [6, 6.07) is 5.25. The van der Waals surface area contributed by atoms with E-state index in [4.69, 9.17) is 9.47 Å². The van der Waals surface area contributed by atoms with Gasteiger partial charge in [-0.05, 0) is 44.4 Å². The Kier molecular flexibility index (Phi) is 6.77. The number of unbranched alkanes of at least 4 members (excludes halogenated alkanes) is 1. The lowest BCUT2D eigenvalue weighted by Gasteiger charge is -2.10. The molecule has 0 radical (unpaired) electrons. The Hall–Kier alpha value is -1.84. The first-order valence-electron chi connectivity index (χ1n) is 7.11. The number of rotatable bonds is 7. The Bertz CT molecular complexity index is 466. The molecule has 4 nitrogen and oxygen atoms in total. The molecular formula is C16H22O4. The Morgan fingerprint density at radius 2 is 1.55 bits per heavy atom. The molecule has 1 rings (SSSR count). The molecule has 0 atom stereocenters. The molecule has 4 heteroatoms. The lowest BCUT2D eigenvalue weighted by molar-refractivity contribution is 0.0479.